The van der Waals surface area contributed by atoms with Gasteiger partial charge in [-0.15, -0.1) is 11.3 Å². The van der Waals surface area contributed by atoms with Gasteiger partial charge in [-0.05, 0) is 46.3 Å². The summed E-state index contributed by atoms with van der Waals surface area (Å²) in [6.07, 6.45) is 0. The summed E-state index contributed by atoms with van der Waals surface area (Å²) in [6, 6.07) is 10.8. The Balaban J connectivity index is 1.86. The lowest BCUT2D eigenvalue weighted by atomic mass is 10.1. The van der Waals surface area contributed by atoms with Gasteiger partial charge in [-0.2, -0.15) is 0 Å². The summed E-state index contributed by atoms with van der Waals surface area (Å²) in [5.41, 5.74) is 0.945. The molecule has 2 heterocycles. The maximum Gasteiger partial charge on any atom is 0.336 e. The summed E-state index contributed by atoms with van der Waals surface area (Å²) >= 11 is 5.09. The van der Waals surface area contributed by atoms with Crippen molar-refractivity contribution in [2.75, 3.05) is 5.32 Å². The molecule has 2 N–H and O–H groups in total. The largest absolute Gasteiger partial charge is 0.478 e. The van der Waals surface area contributed by atoms with Gasteiger partial charge in [-0.25, -0.2) is 9.78 Å². The van der Waals surface area contributed by atoms with Crippen LogP contribution in [0.3, 0.4) is 0 Å². The topological polar surface area (TPSA) is 62.2 Å². The molecule has 0 bridgehead atoms. The summed E-state index contributed by atoms with van der Waals surface area (Å²) in [5.74, 6) is -0.207. The van der Waals surface area contributed by atoms with Crippen molar-refractivity contribution in [2.24, 2.45) is 0 Å². The molecule has 0 aliphatic carbocycles. The van der Waals surface area contributed by atoms with E-state index >= 15 is 0 Å². The average Bonchev–Trinajstić information content (AvgIpc) is 2.89. The molecule has 0 atom stereocenters. The normalized spacial score (nSPS) is 10.7. The zero-order valence-electron chi connectivity index (χ0n) is 10.8. The van der Waals surface area contributed by atoms with Crippen LogP contribution in [0.25, 0.3) is 10.9 Å². The molecule has 0 aliphatic rings. The Morgan fingerprint density at radius 2 is 2.19 bits per heavy atom. The number of carboxylic acids is 1. The molecule has 3 aromatic rings. The minimum Gasteiger partial charge on any atom is -0.478 e. The number of halogens is 1. The van der Waals surface area contributed by atoms with Crippen LogP contribution >= 0.6 is 27.3 Å². The van der Waals surface area contributed by atoms with Crippen molar-refractivity contribution in [2.45, 2.75) is 6.54 Å². The SMILES string of the molecule is O=C(O)c1cccc2nc(NCc3cc(Br)cs3)ccc12. The molecule has 0 spiro atoms. The Bertz CT molecular complexity index is 816. The number of nitrogens with zero attached hydrogens (tertiary/aromatic N) is 1. The molecule has 106 valence electrons. The highest BCUT2D eigenvalue weighted by Gasteiger charge is 2.09. The van der Waals surface area contributed by atoms with Crippen molar-refractivity contribution in [1.29, 1.82) is 0 Å². The lowest BCUT2D eigenvalue weighted by molar-refractivity contribution is 0.0699. The van der Waals surface area contributed by atoms with Crippen LogP contribution in [0.5, 0.6) is 0 Å². The highest BCUT2D eigenvalue weighted by molar-refractivity contribution is 9.10. The fourth-order valence-corrected chi connectivity index (χ4v) is 3.45. The number of anilines is 1. The lowest BCUT2D eigenvalue weighted by Gasteiger charge is -2.07. The first-order valence-corrected chi connectivity index (χ1v) is 7.90. The second kappa shape index (κ2) is 5.83. The van der Waals surface area contributed by atoms with Gasteiger partial charge in [0.25, 0.3) is 0 Å². The summed E-state index contributed by atoms with van der Waals surface area (Å²) in [5, 5.41) is 15.1. The standard InChI is InChI=1S/C15H11BrN2O2S/c16-9-6-10(21-8-9)7-17-14-5-4-11-12(15(19)20)2-1-3-13(11)18-14/h1-6,8H,7H2,(H,17,18)(H,19,20). The van der Waals surface area contributed by atoms with E-state index in [1.807, 2.05) is 11.4 Å². The first-order valence-electron chi connectivity index (χ1n) is 6.23. The molecule has 1 aromatic carbocycles. The summed E-state index contributed by atoms with van der Waals surface area (Å²) in [7, 11) is 0. The molecule has 0 fully saturated rings. The first-order chi connectivity index (χ1) is 10.1. The summed E-state index contributed by atoms with van der Waals surface area (Å²) in [4.78, 5) is 16.8. The quantitative estimate of drug-likeness (QED) is 0.723. The van der Waals surface area contributed by atoms with Crippen LogP contribution in [-0.4, -0.2) is 16.1 Å². The third kappa shape index (κ3) is 3.06. The van der Waals surface area contributed by atoms with E-state index in [1.54, 1.807) is 35.6 Å². The number of pyridine rings is 1. The van der Waals surface area contributed by atoms with Crippen molar-refractivity contribution in [1.82, 2.24) is 4.98 Å². The number of thiophene rings is 1. The van der Waals surface area contributed by atoms with E-state index in [-0.39, 0.29) is 5.56 Å². The zero-order chi connectivity index (χ0) is 14.8. The van der Waals surface area contributed by atoms with E-state index in [0.29, 0.717) is 17.4 Å². The number of hydrogen-bond donors (Lipinski definition) is 2. The molecule has 3 rings (SSSR count). The molecular formula is C15H11BrN2O2S. The van der Waals surface area contributed by atoms with E-state index in [1.165, 1.54) is 4.88 Å². The van der Waals surface area contributed by atoms with Gasteiger partial charge >= 0.3 is 5.97 Å². The molecule has 0 saturated carbocycles. The highest BCUT2D eigenvalue weighted by atomic mass is 79.9. The van der Waals surface area contributed by atoms with Gasteiger partial charge in [0.2, 0.25) is 0 Å². The van der Waals surface area contributed by atoms with Crippen LogP contribution in [0.4, 0.5) is 5.82 Å². The number of carbonyl (C=O) groups is 1. The van der Waals surface area contributed by atoms with Gasteiger partial charge in [0.15, 0.2) is 0 Å². The number of rotatable bonds is 4. The van der Waals surface area contributed by atoms with Crippen LogP contribution in [0, 0.1) is 0 Å². The minimum absolute atomic E-state index is 0.272. The number of fused-ring (bicyclic) bond motifs is 1. The first kappa shape index (κ1) is 14.0. The van der Waals surface area contributed by atoms with E-state index in [0.717, 1.165) is 10.3 Å². The molecule has 4 nitrogen and oxygen atoms in total. The third-order valence-electron chi connectivity index (χ3n) is 3.03. The van der Waals surface area contributed by atoms with Crippen LogP contribution in [0.1, 0.15) is 15.2 Å². The number of aromatic nitrogens is 1. The Hall–Kier alpha value is -1.92. The second-order valence-electron chi connectivity index (χ2n) is 4.46. The zero-order valence-corrected chi connectivity index (χ0v) is 13.2. The monoisotopic (exact) mass is 362 g/mol. The Labute approximate surface area is 133 Å². The predicted molar refractivity (Wildman–Crippen MR) is 88.0 cm³/mol. The summed E-state index contributed by atoms with van der Waals surface area (Å²) < 4.78 is 1.07. The van der Waals surface area contributed by atoms with E-state index in [9.17, 15) is 4.79 Å². The fourth-order valence-electron chi connectivity index (χ4n) is 2.06. The van der Waals surface area contributed by atoms with E-state index in [4.69, 9.17) is 5.11 Å². The molecule has 0 unspecified atom stereocenters. The van der Waals surface area contributed by atoms with Crippen molar-refractivity contribution in [3.8, 4) is 0 Å². The molecule has 0 aliphatic heterocycles. The van der Waals surface area contributed by atoms with Gasteiger partial charge in [0.05, 0.1) is 17.6 Å². The third-order valence-corrected chi connectivity index (χ3v) is 4.73. The maximum atomic E-state index is 11.2. The van der Waals surface area contributed by atoms with Crippen molar-refractivity contribution >= 4 is 50.0 Å². The van der Waals surface area contributed by atoms with Crippen molar-refractivity contribution < 1.29 is 9.90 Å². The van der Waals surface area contributed by atoms with E-state index < -0.39 is 5.97 Å². The number of benzene rings is 1. The molecule has 0 saturated heterocycles. The Morgan fingerprint density at radius 3 is 2.90 bits per heavy atom. The lowest BCUT2D eigenvalue weighted by Crippen LogP contribution is -2.01. The molecule has 21 heavy (non-hydrogen) atoms. The predicted octanol–water partition coefficient (Wildman–Crippen LogP) is 4.37. The van der Waals surface area contributed by atoms with Crippen LogP contribution in [0.15, 0.2) is 46.3 Å². The molecule has 0 radical (unpaired) electrons. The minimum atomic E-state index is -0.938. The van der Waals surface area contributed by atoms with Crippen LogP contribution in [0.2, 0.25) is 0 Å². The number of aromatic carboxylic acids is 1. The van der Waals surface area contributed by atoms with Crippen LogP contribution in [-0.2, 0) is 6.54 Å². The second-order valence-corrected chi connectivity index (χ2v) is 6.37. The Kier molecular flexibility index (Phi) is 3.90. The smallest absolute Gasteiger partial charge is 0.336 e. The number of hydrogen-bond acceptors (Lipinski definition) is 4. The molecule has 2 aromatic heterocycles. The van der Waals surface area contributed by atoms with Crippen LogP contribution < -0.4 is 5.32 Å². The van der Waals surface area contributed by atoms with Gasteiger partial charge in [-0.3, -0.25) is 0 Å². The molecule has 6 heteroatoms. The van der Waals surface area contributed by atoms with E-state index in [2.05, 4.69) is 32.3 Å². The van der Waals surface area contributed by atoms with Gasteiger partial charge in [0.1, 0.15) is 5.82 Å². The molecular weight excluding hydrogens is 352 g/mol. The van der Waals surface area contributed by atoms with Crippen molar-refractivity contribution in [3.63, 3.8) is 0 Å². The molecule has 0 amide bonds. The van der Waals surface area contributed by atoms with Gasteiger partial charge in [-0.1, -0.05) is 6.07 Å². The van der Waals surface area contributed by atoms with Crippen molar-refractivity contribution in [3.05, 3.63) is 56.7 Å². The summed E-state index contributed by atoms with van der Waals surface area (Å²) in [6.45, 7) is 0.688. The maximum absolute atomic E-state index is 11.2. The van der Waals surface area contributed by atoms with Gasteiger partial charge < -0.3 is 10.4 Å². The van der Waals surface area contributed by atoms with Gasteiger partial charge in [0, 0.05) is 20.1 Å². The Morgan fingerprint density at radius 1 is 1.33 bits per heavy atom. The number of nitrogens with one attached hydrogen (secondary N) is 1. The fraction of sp³-hybridized carbons (Fsp3) is 0.0667. The number of carboxylic acid groups (broad SMARTS) is 1. The highest BCUT2D eigenvalue weighted by Crippen LogP contribution is 2.22. The average molecular weight is 363 g/mol.